The van der Waals surface area contributed by atoms with Crippen LogP contribution in [0, 0.1) is 0 Å². The van der Waals surface area contributed by atoms with E-state index in [4.69, 9.17) is 11.6 Å². The summed E-state index contributed by atoms with van der Waals surface area (Å²) in [5, 5.41) is 2.31. The Morgan fingerprint density at radius 2 is 1.75 bits per heavy atom. The fourth-order valence-electron chi connectivity index (χ4n) is 4.09. The van der Waals surface area contributed by atoms with Crippen molar-refractivity contribution in [2.24, 2.45) is 0 Å². The van der Waals surface area contributed by atoms with Crippen LogP contribution in [0.25, 0.3) is 21.8 Å². The standard InChI is InChI=1S/C23H21ClN4O3S/c24-19-5-2-17-13-20(6-3-16(17)12-19)32(30,31)28-9-1-8-27(10-11-28)23(29)18-4-7-21-22(14-18)26-15-25-21/h2-7,12-15H,1,8-11H2,(H,25,26). The summed E-state index contributed by atoms with van der Waals surface area (Å²) in [6.07, 6.45) is 2.16. The number of fused-ring (bicyclic) bond motifs is 2. The highest BCUT2D eigenvalue weighted by molar-refractivity contribution is 7.89. The topological polar surface area (TPSA) is 86.4 Å². The maximum absolute atomic E-state index is 13.3. The highest BCUT2D eigenvalue weighted by Gasteiger charge is 2.29. The van der Waals surface area contributed by atoms with Crippen molar-refractivity contribution in [3.63, 3.8) is 0 Å². The van der Waals surface area contributed by atoms with Gasteiger partial charge in [-0.15, -0.1) is 0 Å². The van der Waals surface area contributed by atoms with Crippen molar-refractivity contribution >= 4 is 49.3 Å². The van der Waals surface area contributed by atoms with Gasteiger partial charge >= 0.3 is 0 Å². The number of nitrogens with zero attached hydrogens (tertiary/aromatic N) is 3. The molecule has 1 amide bonds. The molecule has 0 atom stereocenters. The van der Waals surface area contributed by atoms with Crippen LogP contribution in [0.15, 0.2) is 65.8 Å². The molecule has 164 valence electrons. The Morgan fingerprint density at radius 1 is 0.938 bits per heavy atom. The number of rotatable bonds is 3. The van der Waals surface area contributed by atoms with Gasteiger partial charge in [-0.2, -0.15) is 4.31 Å². The van der Waals surface area contributed by atoms with Gasteiger partial charge in [0.1, 0.15) is 0 Å². The number of amides is 1. The van der Waals surface area contributed by atoms with E-state index in [1.807, 2.05) is 12.1 Å². The van der Waals surface area contributed by atoms with Gasteiger partial charge in [0.2, 0.25) is 10.0 Å². The van der Waals surface area contributed by atoms with Crippen molar-refractivity contribution in [3.8, 4) is 0 Å². The number of aromatic nitrogens is 2. The van der Waals surface area contributed by atoms with Crippen LogP contribution in [0.4, 0.5) is 0 Å². The number of hydrogen-bond acceptors (Lipinski definition) is 4. The van der Waals surface area contributed by atoms with E-state index in [0.717, 1.165) is 21.8 Å². The smallest absolute Gasteiger partial charge is 0.253 e. The Balaban J connectivity index is 1.35. The third kappa shape index (κ3) is 3.85. The average molecular weight is 469 g/mol. The zero-order valence-corrected chi connectivity index (χ0v) is 18.7. The van der Waals surface area contributed by atoms with Crippen molar-refractivity contribution in [2.75, 3.05) is 26.2 Å². The SMILES string of the molecule is O=C(c1ccc2nc[nH]c2c1)N1CCCN(S(=O)(=O)c2ccc3cc(Cl)ccc3c2)CC1. The van der Waals surface area contributed by atoms with Crippen LogP contribution in [-0.2, 0) is 10.0 Å². The lowest BCUT2D eigenvalue weighted by Gasteiger charge is -2.22. The highest BCUT2D eigenvalue weighted by Crippen LogP contribution is 2.25. The number of hydrogen-bond donors (Lipinski definition) is 1. The number of halogens is 1. The summed E-state index contributed by atoms with van der Waals surface area (Å²) in [6.45, 7) is 1.45. The van der Waals surface area contributed by atoms with Gasteiger partial charge in [0.15, 0.2) is 0 Å². The molecule has 1 aliphatic rings. The van der Waals surface area contributed by atoms with E-state index in [-0.39, 0.29) is 17.3 Å². The van der Waals surface area contributed by atoms with Gasteiger partial charge < -0.3 is 9.88 Å². The molecule has 3 aromatic carbocycles. The second-order valence-electron chi connectivity index (χ2n) is 7.84. The molecule has 0 aliphatic carbocycles. The monoisotopic (exact) mass is 468 g/mol. The summed E-state index contributed by atoms with van der Waals surface area (Å²) in [4.78, 5) is 22.2. The molecule has 0 saturated carbocycles. The summed E-state index contributed by atoms with van der Waals surface area (Å²) < 4.78 is 28.1. The van der Waals surface area contributed by atoms with Crippen molar-refractivity contribution in [1.29, 1.82) is 0 Å². The molecule has 7 nitrogen and oxygen atoms in total. The molecule has 1 saturated heterocycles. The summed E-state index contributed by atoms with van der Waals surface area (Å²) in [6, 6.07) is 15.8. The number of imidazole rings is 1. The zero-order chi connectivity index (χ0) is 22.3. The first kappa shape index (κ1) is 20.9. The van der Waals surface area contributed by atoms with Crippen molar-refractivity contribution in [1.82, 2.24) is 19.2 Å². The predicted molar refractivity (Wildman–Crippen MR) is 124 cm³/mol. The van der Waals surface area contributed by atoms with Crippen LogP contribution in [-0.4, -0.2) is 59.7 Å². The number of benzene rings is 3. The summed E-state index contributed by atoms with van der Waals surface area (Å²) >= 11 is 6.03. The molecule has 2 heterocycles. The number of carbonyl (C=O) groups excluding carboxylic acids is 1. The van der Waals surface area contributed by atoms with Crippen LogP contribution in [0.1, 0.15) is 16.8 Å². The number of aromatic amines is 1. The van der Waals surface area contributed by atoms with Crippen LogP contribution in [0.5, 0.6) is 0 Å². The number of nitrogens with one attached hydrogen (secondary N) is 1. The zero-order valence-electron chi connectivity index (χ0n) is 17.2. The number of sulfonamides is 1. The van der Waals surface area contributed by atoms with E-state index in [2.05, 4.69) is 9.97 Å². The maximum atomic E-state index is 13.3. The Morgan fingerprint density at radius 3 is 2.62 bits per heavy atom. The van der Waals surface area contributed by atoms with Gasteiger partial charge in [-0.05, 0) is 59.7 Å². The van der Waals surface area contributed by atoms with E-state index in [1.165, 1.54) is 4.31 Å². The minimum atomic E-state index is -3.67. The minimum Gasteiger partial charge on any atom is -0.345 e. The number of H-pyrrole nitrogens is 1. The van der Waals surface area contributed by atoms with Gasteiger partial charge in [-0.3, -0.25) is 4.79 Å². The molecule has 1 aliphatic heterocycles. The first-order valence-electron chi connectivity index (χ1n) is 10.3. The van der Waals surface area contributed by atoms with Crippen molar-refractivity contribution in [3.05, 3.63) is 71.5 Å². The lowest BCUT2D eigenvalue weighted by atomic mass is 10.1. The third-order valence-electron chi connectivity index (χ3n) is 5.82. The lowest BCUT2D eigenvalue weighted by Crippen LogP contribution is -2.37. The van der Waals surface area contributed by atoms with Crippen LogP contribution in [0.2, 0.25) is 5.02 Å². The maximum Gasteiger partial charge on any atom is 0.253 e. The predicted octanol–water partition coefficient (Wildman–Crippen LogP) is 3.91. The van der Waals surface area contributed by atoms with Gasteiger partial charge in [0.05, 0.1) is 22.3 Å². The Kier molecular flexibility index (Phi) is 5.36. The average Bonchev–Trinajstić information content (AvgIpc) is 3.12. The molecule has 0 spiro atoms. The van der Waals surface area contributed by atoms with Gasteiger partial charge in [-0.1, -0.05) is 23.7 Å². The fraction of sp³-hybridized carbons (Fsp3) is 0.217. The van der Waals surface area contributed by atoms with E-state index in [1.54, 1.807) is 53.7 Å². The summed E-state index contributed by atoms with van der Waals surface area (Å²) in [7, 11) is -3.67. The Hall–Kier alpha value is -2.94. The quantitative estimate of drug-likeness (QED) is 0.494. The van der Waals surface area contributed by atoms with E-state index in [0.29, 0.717) is 36.6 Å². The molecule has 1 N–H and O–H groups in total. The minimum absolute atomic E-state index is 0.108. The largest absolute Gasteiger partial charge is 0.345 e. The van der Waals surface area contributed by atoms with E-state index in [9.17, 15) is 13.2 Å². The number of carbonyl (C=O) groups is 1. The molecule has 32 heavy (non-hydrogen) atoms. The molecule has 9 heteroatoms. The molecule has 1 fully saturated rings. The molecule has 4 aromatic rings. The molecular formula is C23H21ClN4O3S. The van der Waals surface area contributed by atoms with Gasteiger partial charge in [0.25, 0.3) is 5.91 Å². The Labute approximate surface area is 190 Å². The second kappa shape index (κ2) is 8.20. The summed E-state index contributed by atoms with van der Waals surface area (Å²) in [5.74, 6) is -0.108. The lowest BCUT2D eigenvalue weighted by molar-refractivity contribution is 0.0764. The second-order valence-corrected chi connectivity index (χ2v) is 10.2. The summed E-state index contributed by atoms with van der Waals surface area (Å²) in [5.41, 5.74) is 2.16. The fourth-order valence-corrected chi connectivity index (χ4v) is 5.78. The molecular weight excluding hydrogens is 448 g/mol. The highest BCUT2D eigenvalue weighted by atomic mass is 35.5. The molecule has 1 aromatic heterocycles. The van der Waals surface area contributed by atoms with Gasteiger partial charge in [-0.25, -0.2) is 13.4 Å². The molecule has 5 rings (SSSR count). The van der Waals surface area contributed by atoms with Gasteiger partial charge in [0, 0.05) is 36.8 Å². The van der Waals surface area contributed by atoms with Crippen LogP contribution >= 0.6 is 11.6 Å². The van der Waals surface area contributed by atoms with Crippen LogP contribution < -0.4 is 0 Å². The van der Waals surface area contributed by atoms with Crippen molar-refractivity contribution < 1.29 is 13.2 Å². The van der Waals surface area contributed by atoms with E-state index >= 15 is 0 Å². The Bertz CT molecular complexity index is 1430. The molecule has 0 unspecified atom stereocenters. The molecule has 0 bridgehead atoms. The molecule has 0 radical (unpaired) electrons. The van der Waals surface area contributed by atoms with Crippen LogP contribution in [0.3, 0.4) is 0 Å². The first-order chi connectivity index (χ1) is 15.4. The third-order valence-corrected chi connectivity index (χ3v) is 7.95. The van der Waals surface area contributed by atoms with Crippen molar-refractivity contribution in [2.45, 2.75) is 11.3 Å². The first-order valence-corrected chi connectivity index (χ1v) is 12.2. The normalized spacial score (nSPS) is 15.8. The van der Waals surface area contributed by atoms with E-state index < -0.39 is 10.0 Å².